The van der Waals surface area contributed by atoms with Crippen LogP contribution in [0.3, 0.4) is 0 Å². The van der Waals surface area contributed by atoms with E-state index in [1.807, 2.05) is 20.8 Å². The van der Waals surface area contributed by atoms with E-state index >= 15 is 0 Å². The Bertz CT molecular complexity index is 1290. The first-order valence-corrected chi connectivity index (χ1v) is 18.3. The van der Waals surface area contributed by atoms with Crippen LogP contribution < -0.4 is 9.46 Å². The number of aliphatic hydroxyl groups excluding tert-OH is 2. The van der Waals surface area contributed by atoms with Crippen LogP contribution in [0, 0.1) is 52.3 Å². The Kier molecular flexibility index (Phi) is 9.20. The lowest BCUT2D eigenvalue weighted by Crippen LogP contribution is -2.62. The van der Waals surface area contributed by atoms with Crippen molar-refractivity contribution < 1.29 is 32.9 Å². The van der Waals surface area contributed by atoms with E-state index in [1.165, 1.54) is 12.1 Å². The number of sulfonamides is 1. The maximum atomic E-state index is 12.8. The molecule has 0 saturated heterocycles. The SMILES string of the molecule is CC[C@H]1[C@@H](O)[C@@H]2[C@H](CC[C@]3(C)[C@@H]([C@H](C)COC(=O)NS(=O)(=O)c4ccc(OC(C)(C)C)cc4)CC[C@@H]23)[C@@]2(C)CC[C@@H](O)C[C@@H]12. The maximum absolute atomic E-state index is 12.8. The molecule has 4 fully saturated rings. The smallest absolute Gasteiger partial charge is 0.421 e. The van der Waals surface area contributed by atoms with Crippen LogP contribution in [-0.4, -0.2) is 49.1 Å². The summed E-state index contributed by atoms with van der Waals surface area (Å²) in [5, 5.41) is 22.4. The highest BCUT2D eigenvalue weighted by Crippen LogP contribution is 2.69. The first-order chi connectivity index (χ1) is 20.5. The second-order valence-electron chi connectivity index (χ2n) is 16.0. The summed E-state index contributed by atoms with van der Waals surface area (Å²) < 4.78 is 39.0. The van der Waals surface area contributed by atoms with Gasteiger partial charge in [-0.25, -0.2) is 17.9 Å². The molecule has 0 aromatic heterocycles. The van der Waals surface area contributed by atoms with E-state index in [0.717, 1.165) is 51.4 Å². The summed E-state index contributed by atoms with van der Waals surface area (Å²) in [6.07, 6.45) is 6.29. The van der Waals surface area contributed by atoms with Crippen LogP contribution in [0.2, 0.25) is 0 Å². The number of fused-ring (bicyclic) bond motifs is 5. The number of nitrogens with one attached hydrogen (secondary N) is 1. The van der Waals surface area contributed by atoms with Crippen molar-refractivity contribution >= 4 is 16.1 Å². The Labute approximate surface area is 264 Å². The molecule has 8 nitrogen and oxygen atoms in total. The van der Waals surface area contributed by atoms with Crippen molar-refractivity contribution in [3.63, 3.8) is 0 Å². The van der Waals surface area contributed by atoms with Crippen LogP contribution in [-0.2, 0) is 14.8 Å². The first kappa shape index (κ1) is 33.5. The molecule has 1 aromatic rings. The zero-order valence-corrected chi connectivity index (χ0v) is 28.5. The molecule has 0 spiro atoms. The summed E-state index contributed by atoms with van der Waals surface area (Å²) in [6, 6.07) is 5.97. The minimum absolute atomic E-state index is 0.0278. The normalized spacial score (nSPS) is 39.4. The number of amides is 1. The van der Waals surface area contributed by atoms with Gasteiger partial charge < -0.3 is 19.7 Å². The summed E-state index contributed by atoms with van der Waals surface area (Å²) in [4.78, 5) is 12.6. The molecule has 11 atom stereocenters. The van der Waals surface area contributed by atoms with Crippen LogP contribution in [0.15, 0.2) is 29.2 Å². The predicted molar refractivity (Wildman–Crippen MR) is 169 cm³/mol. The molecule has 4 aliphatic rings. The second kappa shape index (κ2) is 12.1. The molecule has 0 aliphatic heterocycles. The number of carbonyl (C=O) groups excluding carboxylic acids is 1. The maximum Gasteiger partial charge on any atom is 0.421 e. The third kappa shape index (κ3) is 6.14. The van der Waals surface area contributed by atoms with E-state index in [-0.39, 0.29) is 52.3 Å². The molecule has 0 heterocycles. The van der Waals surface area contributed by atoms with Gasteiger partial charge in [-0.2, -0.15) is 0 Å². The molecule has 44 heavy (non-hydrogen) atoms. The molecule has 0 radical (unpaired) electrons. The van der Waals surface area contributed by atoms with Gasteiger partial charge in [-0.3, -0.25) is 0 Å². The van der Waals surface area contributed by atoms with Gasteiger partial charge in [0.15, 0.2) is 0 Å². The van der Waals surface area contributed by atoms with Crippen molar-refractivity contribution in [3.8, 4) is 5.75 Å². The Balaban J connectivity index is 1.22. The van der Waals surface area contributed by atoms with E-state index < -0.39 is 21.7 Å². The van der Waals surface area contributed by atoms with E-state index in [2.05, 4.69) is 32.4 Å². The van der Waals surface area contributed by atoms with E-state index in [4.69, 9.17) is 9.47 Å². The highest BCUT2D eigenvalue weighted by atomic mass is 32.2. The van der Waals surface area contributed by atoms with Crippen LogP contribution >= 0.6 is 0 Å². The third-order valence-corrected chi connectivity index (χ3v) is 13.7. The first-order valence-electron chi connectivity index (χ1n) is 16.8. The lowest BCUT2D eigenvalue weighted by atomic mass is 9.41. The standard InChI is InChI=1S/C35H55NO7S/c1-8-25-29-19-22(37)15-17-35(29,7)28-16-18-34(6)26(13-14-27(34)30(28)31(25)38)21(2)20-42-32(39)36-44(40,41)24-11-9-23(10-12-24)43-33(3,4)5/h9-12,21-22,25-31,37-38H,8,13-20H2,1-7H3,(H,36,39)/t21-,22-,25-,26-,27+,28+,29+,30+,31-,34-,35-/m1/s1. The number of ether oxygens (including phenoxy) is 2. The van der Waals surface area contributed by atoms with Crippen molar-refractivity contribution in [2.45, 2.75) is 123 Å². The molecule has 5 rings (SSSR count). The van der Waals surface area contributed by atoms with Crippen molar-refractivity contribution in [3.05, 3.63) is 24.3 Å². The fourth-order valence-electron chi connectivity index (χ4n) is 10.5. The average Bonchev–Trinajstić information content (AvgIpc) is 3.29. The summed E-state index contributed by atoms with van der Waals surface area (Å²) in [5.74, 6) is 2.62. The molecule has 9 heteroatoms. The molecule has 0 bridgehead atoms. The van der Waals surface area contributed by atoms with Crippen molar-refractivity contribution in [2.75, 3.05) is 6.61 Å². The molecular weight excluding hydrogens is 578 g/mol. The number of hydrogen-bond acceptors (Lipinski definition) is 7. The highest BCUT2D eigenvalue weighted by molar-refractivity contribution is 7.90. The van der Waals surface area contributed by atoms with E-state index in [0.29, 0.717) is 29.4 Å². The van der Waals surface area contributed by atoms with Gasteiger partial charge in [0.2, 0.25) is 0 Å². The van der Waals surface area contributed by atoms with Gasteiger partial charge >= 0.3 is 6.09 Å². The van der Waals surface area contributed by atoms with Gasteiger partial charge in [0, 0.05) is 0 Å². The molecular formula is C35H55NO7S. The Morgan fingerprint density at radius 2 is 1.64 bits per heavy atom. The van der Waals surface area contributed by atoms with Gasteiger partial charge in [0.1, 0.15) is 11.4 Å². The highest BCUT2D eigenvalue weighted by Gasteiger charge is 2.65. The molecule has 1 amide bonds. The summed E-state index contributed by atoms with van der Waals surface area (Å²) in [7, 11) is -4.09. The van der Waals surface area contributed by atoms with Gasteiger partial charge in [0.05, 0.1) is 23.7 Å². The lowest BCUT2D eigenvalue weighted by Gasteiger charge is -2.64. The number of aliphatic hydroxyl groups is 2. The van der Waals surface area contributed by atoms with E-state index in [9.17, 15) is 23.4 Å². The largest absolute Gasteiger partial charge is 0.488 e. The predicted octanol–water partition coefficient (Wildman–Crippen LogP) is 6.54. The molecule has 1 aromatic carbocycles. The van der Waals surface area contributed by atoms with Crippen LogP contribution in [0.1, 0.15) is 99.8 Å². The molecule has 248 valence electrons. The zero-order valence-electron chi connectivity index (χ0n) is 27.7. The van der Waals surface area contributed by atoms with Gasteiger partial charge in [-0.05, 0) is 142 Å². The number of benzene rings is 1. The quantitative estimate of drug-likeness (QED) is 0.312. The third-order valence-electron chi connectivity index (χ3n) is 12.4. The van der Waals surface area contributed by atoms with E-state index in [1.54, 1.807) is 12.1 Å². The number of rotatable bonds is 7. The average molecular weight is 634 g/mol. The summed E-state index contributed by atoms with van der Waals surface area (Å²) in [6.45, 7) is 15.0. The van der Waals surface area contributed by atoms with Crippen LogP contribution in [0.4, 0.5) is 4.79 Å². The topological polar surface area (TPSA) is 122 Å². The number of carbonyl (C=O) groups is 1. The minimum Gasteiger partial charge on any atom is -0.488 e. The Morgan fingerprint density at radius 3 is 2.27 bits per heavy atom. The van der Waals surface area contributed by atoms with Crippen LogP contribution in [0.25, 0.3) is 0 Å². The van der Waals surface area contributed by atoms with Crippen molar-refractivity contribution in [2.24, 2.45) is 52.3 Å². The monoisotopic (exact) mass is 633 g/mol. The second-order valence-corrected chi connectivity index (χ2v) is 17.7. The summed E-state index contributed by atoms with van der Waals surface area (Å²) >= 11 is 0. The molecule has 3 N–H and O–H groups in total. The summed E-state index contributed by atoms with van der Waals surface area (Å²) in [5.41, 5.74) is -0.231. The Morgan fingerprint density at radius 1 is 1.00 bits per heavy atom. The molecule has 0 unspecified atom stereocenters. The Hall–Kier alpha value is -1.84. The lowest BCUT2D eigenvalue weighted by molar-refractivity contribution is -0.203. The minimum atomic E-state index is -4.09. The van der Waals surface area contributed by atoms with Crippen molar-refractivity contribution in [1.82, 2.24) is 4.72 Å². The molecule has 4 saturated carbocycles. The van der Waals surface area contributed by atoms with Crippen molar-refractivity contribution in [1.29, 1.82) is 0 Å². The molecule has 4 aliphatic carbocycles. The van der Waals surface area contributed by atoms with Gasteiger partial charge in [-0.1, -0.05) is 34.1 Å². The number of hydrogen-bond donors (Lipinski definition) is 3. The van der Waals surface area contributed by atoms with Crippen LogP contribution in [0.5, 0.6) is 5.75 Å². The fraction of sp³-hybridized carbons (Fsp3) is 0.800. The fourth-order valence-corrected chi connectivity index (χ4v) is 11.4. The van der Waals surface area contributed by atoms with Gasteiger partial charge in [0.25, 0.3) is 10.0 Å². The van der Waals surface area contributed by atoms with Gasteiger partial charge in [-0.15, -0.1) is 0 Å². The zero-order chi connectivity index (χ0) is 32.2.